The van der Waals surface area contributed by atoms with Crippen LogP contribution < -0.4 is 0 Å². The molecule has 0 aliphatic carbocycles. The Kier molecular flexibility index (Phi) is 8.29. The van der Waals surface area contributed by atoms with Gasteiger partial charge in [-0.25, -0.2) is 0 Å². The van der Waals surface area contributed by atoms with Gasteiger partial charge in [0.25, 0.3) is 40.5 Å². The van der Waals surface area contributed by atoms with E-state index in [1.807, 2.05) is 0 Å². The summed E-state index contributed by atoms with van der Waals surface area (Å²) in [5.74, 6) is 0. The topological polar surface area (TPSA) is 217 Å². The van der Waals surface area contributed by atoms with Crippen LogP contribution in [0.5, 0.6) is 0 Å². The van der Waals surface area contributed by atoms with Gasteiger partial charge < -0.3 is 0 Å². The second-order valence-corrected chi connectivity index (χ2v) is 14.2. The standard InChI is InChI=1S/C26H20O12S4/c27-39(28,29)21-13-5-1-9-17(21)25(18-10-2-6-14-22(18)40(30,31)32)26(19-11-3-7-15-23(19)41(33,34)35)20-12-4-8-16-24(20)42(36,37)38/h1-16H,(H,27,28,29)(H,30,31,32)(H,33,34,35)(H,36,37,38). The molecule has 0 aliphatic heterocycles. The fourth-order valence-electron chi connectivity index (χ4n) is 4.42. The molecule has 0 bridgehead atoms. The molecule has 220 valence electrons. The molecule has 0 unspecified atom stereocenters. The Bertz CT molecular complexity index is 1870. The highest BCUT2D eigenvalue weighted by Gasteiger charge is 2.31. The second-order valence-electron chi connectivity index (χ2n) is 8.63. The van der Waals surface area contributed by atoms with Crippen LogP contribution in [0.3, 0.4) is 0 Å². The summed E-state index contributed by atoms with van der Waals surface area (Å²) in [6.45, 7) is 0. The van der Waals surface area contributed by atoms with E-state index in [-0.39, 0.29) is 0 Å². The highest BCUT2D eigenvalue weighted by molar-refractivity contribution is 7.86. The van der Waals surface area contributed by atoms with Gasteiger partial charge in [-0.2, -0.15) is 33.7 Å². The lowest BCUT2D eigenvalue weighted by Crippen LogP contribution is -2.12. The van der Waals surface area contributed by atoms with Crippen LogP contribution in [0.2, 0.25) is 0 Å². The van der Waals surface area contributed by atoms with Crippen molar-refractivity contribution in [3.05, 3.63) is 119 Å². The maximum absolute atomic E-state index is 12.5. The Balaban J connectivity index is 2.48. The molecule has 0 amide bonds. The molecule has 4 rings (SSSR count). The average Bonchev–Trinajstić information content (AvgIpc) is 2.90. The van der Waals surface area contributed by atoms with Crippen molar-refractivity contribution in [2.24, 2.45) is 0 Å². The van der Waals surface area contributed by atoms with Crippen molar-refractivity contribution >= 4 is 51.6 Å². The number of hydrogen-bond acceptors (Lipinski definition) is 8. The molecule has 16 heteroatoms. The summed E-state index contributed by atoms with van der Waals surface area (Å²) in [5.41, 5.74) is -2.85. The Hall–Kier alpha value is -3.74. The van der Waals surface area contributed by atoms with Crippen LogP contribution in [0.4, 0.5) is 0 Å². The quantitative estimate of drug-likeness (QED) is 0.158. The van der Waals surface area contributed by atoms with Crippen molar-refractivity contribution in [3.8, 4) is 0 Å². The van der Waals surface area contributed by atoms with E-state index in [0.717, 1.165) is 48.5 Å². The molecule has 4 aromatic carbocycles. The monoisotopic (exact) mass is 652 g/mol. The predicted octanol–water partition coefficient (Wildman–Crippen LogP) is 3.68. The molecule has 42 heavy (non-hydrogen) atoms. The SMILES string of the molecule is O=S(=O)(O)c1ccccc1C(=C(c1ccccc1S(=O)(=O)O)c1ccccc1S(=O)(=O)O)c1ccccc1S(=O)(=O)O. The summed E-state index contributed by atoms with van der Waals surface area (Å²) in [4.78, 5) is -3.24. The van der Waals surface area contributed by atoms with Crippen molar-refractivity contribution in [3.63, 3.8) is 0 Å². The van der Waals surface area contributed by atoms with Gasteiger partial charge >= 0.3 is 0 Å². The fraction of sp³-hybridized carbons (Fsp3) is 0. The summed E-state index contributed by atoms with van der Waals surface area (Å²) >= 11 is 0. The van der Waals surface area contributed by atoms with Crippen molar-refractivity contribution < 1.29 is 51.9 Å². The molecule has 4 aromatic rings. The molecule has 0 aromatic heterocycles. The normalized spacial score (nSPS) is 12.6. The number of hydrogen-bond donors (Lipinski definition) is 4. The minimum atomic E-state index is -5.09. The highest BCUT2D eigenvalue weighted by atomic mass is 32.2. The average molecular weight is 653 g/mol. The van der Waals surface area contributed by atoms with Crippen LogP contribution in [0.15, 0.2) is 117 Å². The van der Waals surface area contributed by atoms with Crippen LogP contribution in [0, 0.1) is 0 Å². The van der Waals surface area contributed by atoms with Crippen LogP contribution in [-0.4, -0.2) is 51.9 Å². The minimum absolute atomic E-state index is 0.457. The third-order valence-corrected chi connectivity index (χ3v) is 9.63. The Morgan fingerprint density at radius 2 is 0.500 bits per heavy atom. The molecule has 0 aliphatic rings. The van der Waals surface area contributed by atoms with Gasteiger partial charge in [-0.1, -0.05) is 72.8 Å². The lowest BCUT2D eigenvalue weighted by molar-refractivity contribution is 0.480. The third-order valence-electron chi connectivity index (χ3n) is 5.99. The molecule has 4 N–H and O–H groups in total. The smallest absolute Gasteiger partial charge is 0.282 e. The summed E-state index contributed by atoms with van der Waals surface area (Å²) in [6.07, 6.45) is 0. The van der Waals surface area contributed by atoms with Gasteiger partial charge in [0.15, 0.2) is 0 Å². The van der Waals surface area contributed by atoms with Crippen LogP contribution >= 0.6 is 0 Å². The van der Waals surface area contributed by atoms with E-state index in [0.29, 0.717) is 0 Å². The molecule has 0 saturated heterocycles. The first-order valence-electron chi connectivity index (χ1n) is 11.4. The lowest BCUT2D eigenvalue weighted by atomic mass is 9.85. The molecular formula is C26H20O12S4. The molecule has 0 heterocycles. The highest BCUT2D eigenvalue weighted by Crippen LogP contribution is 2.44. The van der Waals surface area contributed by atoms with E-state index < -0.39 is 93.5 Å². The summed E-state index contributed by atoms with van der Waals surface area (Å²) in [6, 6.07) is 18.3. The molecule has 0 saturated carbocycles. The van der Waals surface area contributed by atoms with Gasteiger partial charge in [0, 0.05) is 33.4 Å². The number of benzene rings is 4. The van der Waals surface area contributed by atoms with Crippen molar-refractivity contribution in [1.29, 1.82) is 0 Å². The minimum Gasteiger partial charge on any atom is -0.282 e. The van der Waals surface area contributed by atoms with Crippen molar-refractivity contribution in [1.82, 2.24) is 0 Å². The van der Waals surface area contributed by atoms with Gasteiger partial charge in [0.2, 0.25) is 0 Å². The maximum Gasteiger partial charge on any atom is 0.295 e. The molecule has 0 spiro atoms. The fourth-order valence-corrected chi connectivity index (χ4v) is 7.22. The van der Waals surface area contributed by atoms with Crippen LogP contribution in [0.25, 0.3) is 11.1 Å². The molecule has 0 fully saturated rings. The van der Waals surface area contributed by atoms with E-state index in [1.165, 1.54) is 48.5 Å². The first-order chi connectivity index (χ1) is 19.4. The zero-order valence-electron chi connectivity index (χ0n) is 20.9. The summed E-state index contributed by atoms with van der Waals surface area (Å²) in [5, 5.41) is 0. The van der Waals surface area contributed by atoms with Gasteiger partial charge in [0.05, 0.1) is 0 Å². The van der Waals surface area contributed by atoms with E-state index in [2.05, 4.69) is 0 Å². The summed E-state index contributed by atoms with van der Waals surface area (Å²) < 4.78 is 140. The molecule has 12 nitrogen and oxygen atoms in total. The van der Waals surface area contributed by atoms with Crippen molar-refractivity contribution in [2.75, 3.05) is 0 Å². The van der Waals surface area contributed by atoms with Gasteiger partial charge in [0.1, 0.15) is 19.6 Å². The first kappa shape index (κ1) is 31.2. The first-order valence-corrected chi connectivity index (χ1v) is 17.2. The zero-order chi connectivity index (χ0) is 31.1. The Morgan fingerprint density at radius 1 is 0.333 bits per heavy atom. The lowest BCUT2D eigenvalue weighted by Gasteiger charge is -2.23. The largest absolute Gasteiger partial charge is 0.295 e. The third kappa shape index (κ3) is 6.35. The summed E-state index contributed by atoms with van der Waals surface area (Å²) in [7, 11) is -20.4. The number of rotatable bonds is 8. The van der Waals surface area contributed by atoms with Crippen LogP contribution in [-0.2, 0) is 40.5 Å². The van der Waals surface area contributed by atoms with Crippen LogP contribution in [0.1, 0.15) is 22.3 Å². The van der Waals surface area contributed by atoms with Gasteiger partial charge in [-0.3, -0.25) is 18.2 Å². The second kappa shape index (κ2) is 11.2. The van der Waals surface area contributed by atoms with E-state index >= 15 is 0 Å². The van der Waals surface area contributed by atoms with Gasteiger partial charge in [-0.05, 0) is 24.3 Å². The molecule has 0 radical (unpaired) electrons. The van der Waals surface area contributed by atoms with E-state index in [9.17, 15) is 51.9 Å². The zero-order valence-corrected chi connectivity index (χ0v) is 24.2. The molecule has 0 atom stereocenters. The predicted molar refractivity (Wildman–Crippen MR) is 150 cm³/mol. The van der Waals surface area contributed by atoms with Gasteiger partial charge in [-0.15, -0.1) is 0 Å². The Morgan fingerprint density at radius 3 is 0.667 bits per heavy atom. The van der Waals surface area contributed by atoms with E-state index in [4.69, 9.17) is 0 Å². The Labute approximate surface area is 241 Å². The van der Waals surface area contributed by atoms with E-state index in [1.54, 1.807) is 0 Å². The van der Waals surface area contributed by atoms with Crippen molar-refractivity contribution in [2.45, 2.75) is 19.6 Å². The molecular weight excluding hydrogens is 633 g/mol. The maximum atomic E-state index is 12.5.